The molecule has 1 heterocycles. The fourth-order valence-corrected chi connectivity index (χ4v) is 2.84. The number of aliphatic carboxylic acids is 1. The van der Waals surface area contributed by atoms with Gasteiger partial charge >= 0.3 is 5.97 Å². The van der Waals surface area contributed by atoms with Crippen LogP contribution < -0.4 is 0 Å². The van der Waals surface area contributed by atoms with Gasteiger partial charge in [-0.05, 0) is 38.0 Å². The van der Waals surface area contributed by atoms with Crippen LogP contribution in [0.5, 0.6) is 0 Å². The number of halogens is 2. The molecular weight excluding hydrogens is 271 g/mol. The third-order valence-corrected chi connectivity index (χ3v) is 3.86. The normalized spacial score (nSPS) is 26.1. The minimum absolute atomic E-state index is 0.140. The molecule has 19 heavy (non-hydrogen) atoms. The Kier molecular flexibility index (Phi) is 3.83. The van der Waals surface area contributed by atoms with E-state index in [1.807, 2.05) is 13.8 Å². The van der Waals surface area contributed by atoms with Gasteiger partial charge in [-0.15, -0.1) is 0 Å². The van der Waals surface area contributed by atoms with E-state index in [-0.39, 0.29) is 17.5 Å². The number of benzene rings is 1. The summed E-state index contributed by atoms with van der Waals surface area (Å²) >= 11 is 6.05. The highest BCUT2D eigenvalue weighted by Crippen LogP contribution is 2.42. The second kappa shape index (κ2) is 5.10. The minimum atomic E-state index is -0.916. The van der Waals surface area contributed by atoms with E-state index in [4.69, 9.17) is 16.3 Å². The topological polar surface area (TPSA) is 46.5 Å². The minimum Gasteiger partial charge on any atom is -0.481 e. The van der Waals surface area contributed by atoms with Gasteiger partial charge in [-0.2, -0.15) is 0 Å². The lowest BCUT2D eigenvalue weighted by Gasteiger charge is -2.39. The zero-order valence-electron chi connectivity index (χ0n) is 10.8. The van der Waals surface area contributed by atoms with Crippen LogP contribution in [-0.2, 0) is 9.53 Å². The first kappa shape index (κ1) is 14.3. The van der Waals surface area contributed by atoms with Crippen molar-refractivity contribution in [1.82, 2.24) is 0 Å². The summed E-state index contributed by atoms with van der Waals surface area (Å²) in [6.45, 7) is 3.96. The molecule has 1 aromatic rings. The SMILES string of the molecule is CC1(C)C[C@@H](c2ccc(F)cc2Cl)[C@H](C(=O)O)CO1. The Morgan fingerprint density at radius 2 is 2.21 bits per heavy atom. The number of hydrogen-bond donors (Lipinski definition) is 1. The van der Waals surface area contributed by atoms with Crippen molar-refractivity contribution in [2.45, 2.75) is 31.8 Å². The maximum atomic E-state index is 13.1. The second-order valence-corrected chi connectivity index (χ2v) is 5.90. The van der Waals surface area contributed by atoms with Crippen molar-refractivity contribution in [3.63, 3.8) is 0 Å². The first-order valence-electron chi connectivity index (χ1n) is 6.12. The number of carboxylic acid groups (broad SMARTS) is 1. The van der Waals surface area contributed by atoms with Gasteiger partial charge in [-0.1, -0.05) is 17.7 Å². The molecule has 0 spiro atoms. The van der Waals surface area contributed by atoms with Gasteiger partial charge in [0.1, 0.15) is 5.82 Å². The Bertz CT molecular complexity index is 501. The van der Waals surface area contributed by atoms with E-state index in [9.17, 15) is 14.3 Å². The van der Waals surface area contributed by atoms with E-state index in [1.165, 1.54) is 12.1 Å². The van der Waals surface area contributed by atoms with Gasteiger partial charge in [0.05, 0.1) is 18.1 Å². The van der Waals surface area contributed by atoms with Crippen LogP contribution in [0.3, 0.4) is 0 Å². The number of carbonyl (C=O) groups is 1. The molecule has 0 aliphatic carbocycles. The van der Waals surface area contributed by atoms with Gasteiger partial charge in [0.25, 0.3) is 0 Å². The number of ether oxygens (including phenoxy) is 1. The quantitative estimate of drug-likeness (QED) is 0.905. The first-order valence-corrected chi connectivity index (χ1v) is 6.50. The maximum Gasteiger partial charge on any atom is 0.309 e. The highest BCUT2D eigenvalue weighted by atomic mass is 35.5. The summed E-state index contributed by atoms with van der Waals surface area (Å²) in [7, 11) is 0. The van der Waals surface area contributed by atoms with Gasteiger partial charge in [-0.25, -0.2) is 4.39 Å². The Hall–Kier alpha value is -1.13. The third-order valence-electron chi connectivity index (χ3n) is 3.53. The van der Waals surface area contributed by atoms with Crippen molar-refractivity contribution in [3.05, 3.63) is 34.6 Å². The van der Waals surface area contributed by atoms with Crippen LogP contribution in [-0.4, -0.2) is 23.3 Å². The molecule has 0 radical (unpaired) electrons. The highest BCUT2D eigenvalue weighted by molar-refractivity contribution is 6.31. The number of rotatable bonds is 2. The van der Waals surface area contributed by atoms with Gasteiger partial charge in [0.15, 0.2) is 0 Å². The van der Waals surface area contributed by atoms with Crippen LogP contribution in [0.2, 0.25) is 5.02 Å². The first-order chi connectivity index (χ1) is 8.80. The van der Waals surface area contributed by atoms with Gasteiger partial charge < -0.3 is 9.84 Å². The molecule has 1 aromatic carbocycles. The monoisotopic (exact) mass is 286 g/mol. The molecular formula is C14H16ClFO3. The molecule has 2 atom stereocenters. The Morgan fingerprint density at radius 1 is 1.53 bits per heavy atom. The number of carboxylic acids is 1. The maximum absolute atomic E-state index is 13.1. The molecule has 5 heteroatoms. The molecule has 1 saturated heterocycles. The summed E-state index contributed by atoms with van der Waals surface area (Å²) in [5.74, 6) is -2.27. The molecule has 0 aromatic heterocycles. The van der Waals surface area contributed by atoms with Crippen LogP contribution in [0.1, 0.15) is 31.7 Å². The fraction of sp³-hybridized carbons (Fsp3) is 0.500. The van der Waals surface area contributed by atoms with Crippen molar-refractivity contribution in [2.75, 3.05) is 6.61 Å². The van der Waals surface area contributed by atoms with Crippen molar-refractivity contribution in [3.8, 4) is 0 Å². The highest BCUT2D eigenvalue weighted by Gasteiger charge is 2.40. The molecule has 3 nitrogen and oxygen atoms in total. The zero-order valence-corrected chi connectivity index (χ0v) is 11.6. The zero-order chi connectivity index (χ0) is 14.2. The molecule has 0 saturated carbocycles. The van der Waals surface area contributed by atoms with Gasteiger partial charge in [0.2, 0.25) is 0 Å². The van der Waals surface area contributed by atoms with Crippen molar-refractivity contribution in [2.24, 2.45) is 5.92 Å². The van der Waals surface area contributed by atoms with Crippen LogP contribution in [0, 0.1) is 11.7 Å². The summed E-state index contributed by atoms with van der Waals surface area (Å²) in [4.78, 5) is 11.3. The molecule has 1 aliphatic rings. The Balaban J connectivity index is 2.39. The van der Waals surface area contributed by atoms with Crippen LogP contribution in [0.25, 0.3) is 0 Å². The van der Waals surface area contributed by atoms with E-state index in [2.05, 4.69) is 0 Å². The lowest BCUT2D eigenvalue weighted by Crippen LogP contribution is -2.41. The molecule has 0 unspecified atom stereocenters. The summed E-state index contributed by atoms with van der Waals surface area (Å²) in [5, 5.41) is 9.56. The van der Waals surface area contributed by atoms with Crippen LogP contribution >= 0.6 is 11.6 Å². The largest absolute Gasteiger partial charge is 0.481 e. The summed E-state index contributed by atoms with van der Waals surface area (Å²) in [6.07, 6.45) is 0.537. The fourth-order valence-electron chi connectivity index (χ4n) is 2.53. The molecule has 0 bridgehead atoms. The second-order valence-electron chi connectivity index (χ2n) is 5.49. The van der Waals surface area contributed by atoms with Gasteiger partial charge in [0, 0.05) is 10.9 Å². The number of hydrogen-bond acceptors (Lipinski definition) is 2. The van der Waals surface area contributed by atoms with Crippen molar-refractivity contribution >= 4 is 17.6 Å². The lowest BCUT2D eigenvalue weighted by molar-refractivity contribution is -0.155. The molecule has 0 amide bonds. The smallest absolute Gasteiger partial charge is 0.309 e. The Labute approximate surface area is 116 Å². The van der Waals surface area contributed by atoms with E-state index in [0.717, 1.165) is 0 Å². The summed E-state index contributed by atoms with van der Waals surface area (Å²) in [5.41, 5.74) is 0.265. The van der Waals surface area contributed by atoms with Gasteiger partial charge in [-0.3, -0.25) is 4.79 Å². The van der Waals surface area contributed by atoms with Crippen LogP contribution in [0.4, 0.5) is 4.39 Å². The molecule has 2 rings (SSSR count). The average molecular weight is 287 g/mol. The standard InChI is InChI=1S/C14H16ClFO3/c1-14(2)6-10(11(7-19-14)13(17)18)9-4-3-8(16)5-12(9)15/h3-5,10-11H,6-7H2,1-2H3,(H,17,18)/t10-,11+/m0/s1. The molecule has 1 aliphatic heterocycles. The van der Waals surface area contributed by atoms with E-state index in [0.29, 0.717) is 12.0 Å². The average Bonchev–Trinajstić information content (AvgIpc) is 2.27. The summed E-state index contributed by atoms with van der Waals surface area (Å²) < 4.78 is 18.7. The lowest BCUT2D eigenvalue weighted by atomic mass is 9.77. The molecule has 104 valence electrons. The third kappa shape index (κ3) is 3.07. The van der Waals surface area contributed by atoms with E-state index in [1.54, 1.807) is 6.07 Å². The summed E-state index contributed by atoms with van der Waals surface area (Å²) in [6, 6.07) is 4.10. The molecule has 1 fully saturated rings. The predicted octanol–water partition coefficient (Wildman–Crippen LogP) is 3.46. The van der Waals surface area contributed by atoms with Crippen molar-refractivity contribution < 1.29 is 19.0 Å². The van der Waals surface area contributed by atoms with Crippen molar-refractivity contribution in [1.29, 1.82) is 0 Å². The van der Waals surface area contributed by atoms with Crippen LogP contribution in [0.15, 0.2) is 18.2 Å². The van der Waals surface area contributed by atoms with E-state index >= 15 is 0 Å². The molecule has 1 N–H and O–H groups in total. The van der Waals surface area contributed by atoms with E-state index < -0.39 is 23.3 Å². The predicted molar refractivity (Wildman–Crippen MR) is 69.9 cm³/mol. The Morgan fingerprint density at radius 3 is 2.79 bits per heavy atom.